The lowest BCUT2D eigenvalue weighted by Crippen LogP contribution is -1.94. The molecule has 0 fully saturated rings. The molecule has 0 aliphatic carbocycles. The van der Waals surface area contributed by atoms with Crippen LogP contribution < -0.4 is 4.74 Å². The van der Waals surface area contributed by atoms with Crippen molar-refractivity contribution in [3.63, 3.8) is 0 Å². The van der Waals surface area contributed by atoms with Crippen LogP contribution in [0.25, 0.3) is 11.1 Å². The number of ether oxygens (including phenoxy) is 1. The Morgan fingerprint density at radius 1 is 0.913 bits per heavy atom. The Morgan fingerprint density at radius 3 is 2.26 bits per heavy atom. The zero-order valence-electron chi connectivity index (χ0n) is 13.1. The molecule has 0 spiro atoms. The topological polar surface area (TPSA) is 45.9 Å². The number of pyridine rings is 1. The fourth-order valence-corrected chi connectivity index (χ4v) is 2.51. The van der Waals surface area contributed by atoms with E-state index in [1.807, 2.05) is 56.3 Å². The van der Waals surface area contributed by atoms with Crippen molar-refractivity contribution >= 4 is 0 Å². The Bertz CT molecular complexity index is 860. The zero-order chi connectivity index (χ0) is 16.2. The summed E-state index contributed by atoms with van der Waals surface area (Å²) >= 11 is 0. The molecule has 3 heteroatoms. The summed E-state index contributed by atoms with van der Waals surface area (Å²) in [7, 11) is 0. The van der Waals surface area contributed by atoms with Crippen LogP contribution in [0.15, 0.2) is 60.8 Å². The van der Waals surface area contributed by atoms with Gasteiger partial charge in [-0.2, -0.15) is 5.26 Å². The number of nitriles is 1. The lowest BCUT2D eigenvalue weighted by atomic mass is 10.1. The SMILES string of the molecule is Cc1cc(C)cc(Oc2ncc(-c3ccccc3)cc2C#N)c1. The minimum Gasteiger partial charge on any atom is -0.438 e. The van der Waals surface area contributed by atoms with Gasteiger partial charge in [0.1, 0.15) is 17.4 Å². The van der Waals surface area contributed by atoms with Gasteiger partial charge >= 0.3 is 0 Å². The van der Waals surface area contributed by atoms with E-state index in [1.54, 1.807) is 12.3 Å². The van der Waals surface area contributed by atoms with Crippen LogP contribution in [0.5, 0.6) is 11.6 Å². The monoisotopic (exact) mass is 300 g/mol. The first-order valence-electron chi connectivity index (χ1n) is 7.37. The third kappa shape index (κ3) is 3.38. The summed E-state index contributed by atoms with van der Waals surface area (Å²) in [5, 5.41) is 9.41. The number of benzene rings is 2. The minimum absolute atomic E-state index is 0.331. The van der Waals surface area contributed by atoms with Crippen molar-refractivity contribution < 1.29 is 4.74 Å². The van der Waals surface area contributed by atoms with Gasteiger partial charge in [-0.15, -0.1) is 0 Å². The predicted octanol–water partition coefficient (Wildman–Crippen LogP) is 5.03. The fraction of sp³-hybridized carbons (Fsp3) is 0.100. The van der Waals surface area contributed by atoms with Gasteiger partial charge in [0.25, 0.3) is 0 Å². The maximum absolute atomic E-state index is 9.41. The minimum atomic E-state index is 0.331. The molecule has 23 heavy (non-hydrogen) atoms. The smallest absolute Gasteiger partial charge is 0.237 e. The van der Waals surface area contributed by atoms with Crippen LogP contribution in [0.4, 0.5) is 0 Å². The Kier molecular flexibility index (Phi) is 4.07. The van der Waals surface area contributed by atoms with Crippen LogP contribution in [0.3, 0.4) is 0 Å². The molecule has 1 heterocycles. The van der Waals surface area contributed by atoms with Gasteiger partial charge in [-0.3, -0.25) is 0 Å². The molecule has 3 aromatic rings. The molecule has 0 aliphatic heterocycles. The highest BCUT2D eigenvalue weighted by Gasteiger charge is 2.09. The highest BCUT2D eigenvalue weighted by atomic mass is 16.5. The molecule has 2 aromatic carbocycles. The molecule has 0 saturated carbocycles. The molecule has 0 radical (unpaired) electrons. The standard InChI is InChI=1S/C20H16N2O/c1-14-8-15(2)10-19(9-14)23-20-17(12-21)11-18(13-22-20)16-6-4-3-5-7-16/h3-11,13H,1-2H3. The first-order chi connectivity index (χ1) is 11.2. The normalized spacial score (nSPS) is 10.1. The summed E-state index contributed by atoms with van der Waals surface area (Å²) in [4.78, 5) is 4.34. The Balaban J connectivity index is 1.96. The van der Waals surface area contributed by atoms with Crippen molar-refractivity contribution in [3.05, 3.63) is 77.5 Å². The lowest BCUT2D eigenvalue weighted by Gasteiger charge is -2.09. The van der Waals surface area contributed by atoms with E-state index < -0.39 is 0 Å². The van der Waals surface area contributed by atoms with Gasteiger partial charge in [0.2, 0.25) is 5.88 Å². The maximum Gasteiger partial charge on any atom is 0.237 e. The highest BCUT2D eigenvalue weighted by molar-refractivity contribution is 5.65. The Morgan fingerprint density at radius 2 is 1.61 bits per heavy atom. The van der Waals surface area contributed by atoms with Crippen molar-refractivity contribution in [2.45, 2.75) is 13.8 Å². The molecule has 0 amide bonds. The van der Waals surface area contributed by atoms with Gasteiger partial charge in [-0.25, -0.2) is 4.98 Å². The molecule has 3 nitrogen and oxygen atoms in total. The first-order valence-corrected chi connectivity index (χ1v) is 7.37. The number of hydrogen-bond acceptors (Lipinski definition) is 3. The zero-order valence-corrected chi connectivity index (χ0v) is 13.1. The molecular weight excluding hydrogens is 284 g/mol. The molecule has 0 saturated heterocycles. The van der Waals surface area contributed by atoms with E-state index in [4.69, 9.17) is 4.74 Å². The van der Waals surface area contributed by atoms with Crippen LogP contribution >= 0.6 is 0 Å². The molecule has 0 bridgehead atoms. The van der Waals surface area contributed by atoms with Crippen LogP contribution in [0, 0.1) is 25.2 Å². The maximum atomic E-state index is 9.41. The second-order valence-corrected chi connectivity index (χ2v) is 5.48. The summed E-state index contributed by atoms with van der Waals surface area (Å²) in [6.45, 7) is 4.02. The van der Waals surface area contributed by atoms with Gasteiger partial charge in [0.15, 0.2) is 0 Å². The third-order valence-electron chi connectivity index (χ3n) is 3.49. The average Bonchev–Trinajstić information content (AvgIpc) is 2.55. The molecule has 0 unspecified atom stereocenters. The lowest BCUT2D eigenvalue weighted by molar-refractivity contribution is 0.460. The number of nitrogens with zero attached hydrogens (tertiary/aromatic N) is 2. The number of aromatic nitrogens is 1. The molecule has 1 aromatic heterocycles. The second kappa shape index (κ2) is 6.33. The number of hydrogen-bond donors (Lipinski definition) is 0. The summed E-state index contributed by atoms with van der Waals surface area (Å²) < 4.78 is 5.82. The molecule has 0 N–H and O–H groups in total. The quantitative estimate of drug-likeness (QED) is 0.681. The molecule has 0 aliphatic rings. The van der Waals surface area contributed by atoms with Crippen molar-refractivity contribution in [1.29, 1.82) is 5.26 Å². The van der Waals surface area contributed by atoms with Crippen molar-refractivity contribution in [2.75, 3.05) is 0 Å². The van der Waals surface area contributed by atoms with Gasteiger partial charge in [-0.05, 0) is 48.7 Å². The highest BCUT2D eigenvalue weighted by Crippen LogP contribution is 2.28. The van der Waals surface area contributed by atoms with E-state index in [1.165, 1.54) is 0 Å². The number of rotatable bonds is 3. The van der Waals surface area contributed by atoms with E-state index in [-0.39, 0.29) is 0 Å². The van der Waals surface area contributed by atoms with Crippen molar-refractivity contribution in [2.24, 2.45) is 0 Å². The van der Waals surface area contributed by atoms with E-state index in [9.17, 15) is 5.26 Å². The second-order valence-electron chi connectivity index (χ2n) is 5.48. The van der Waals surface area contributed by atoms with Crippen LogP contribution in [-0.2, 0) is 0 Å². The molecular formula is C20H16N2O. The summed E-state index contributed by atoms with van der Waals surface area (Å²) in [6, 6.07) is 19.8. The third-order valence-corrected chi connectivity index (χ3v) is 3.49. The summed E-state index contributed by atoms with van der Waals surface area (Å²) in [6.07, 6.45) is 1.73. The molecule has 3 rings (SSSR count). The Labute approximate surface area is 135 Å². The van der Waals surface area contributed by atoms with Crippen molar-refractivity contribution in [1.82, 2.24) is 4.98 Å². The van der Waals surface area contributed by atoms with Gasteiger partial charge in [0.05, 0.1) is 0 Å². The van der Waals surface area contributed by atoms with E-state index >= 15 is 0 Å². The van der Waals surface area contributed by atoms with E-state index in [0.29, 0.717) is 17.2 Å². The largest absolute Gasteiger partial charge is 0.438 e. The van der Waals surface area contributed by atoms with Crippen LogP contribution in [-0.4, -0.2) is 4.98 Å². The van der Waals surface area contributed by atoms with Gasteiger partial charge in [-0.1, -0.05) is 36.4 Å². The summed E-state index contributed by atoms with van der Waals surface area (Å²) in [5.41, 5.74) is 4.56. The predicted molar refractivity (Wildman–Crippen MR) is 90.4 cm³/mol. The average molecular weight is 300 g/mol. The van der Waals surface area contributed by atoms with Crippen LogP contribution in [0.1, 0.15) is 16.7 Å². The Hall–Kier alpha value is -3.12. The summed E-state index contributed by atoms with van der Waals surface area (Å²) in [5.74, 6) is 1.02. The van der Waals surface area contributed by atoms with E-state index in [2.05, 4.69) is 17.1 Å². The van der Waals surface area contributed by atoms with Crippen molar-refractivity contribution in [3.8, 4) is 28.8 Å². The van der Waals surface area contributed by atoms with Crippen LogP contribution in [0.2, 0.25) is 0 Å². The van der Waals surface area contributed by atoms with E-state index in [0.717, 1.165) is 22.3 Å². The molecule has 112 valence electrons. The fourth-order valence-electron chi connectivity index (χ4n) is 2.51. The number of aryl methyl sites for hydroxylation is 2. The van der Waals surface area contributed by atoms with Gasteiger partial charge < -0.3 is 4.74 Å². The van der Waals surface area contributed by atoms with Gasteiger partial charge in [0, 0.05) is 11.8 Å². The molecule has 0 atom stereocenters. The first kappa shape index (κ1) is 14.8.